The molecular formula is C16H16N2O3. The van der Waals surface area contributed by atoms with E-state index >= 15 is 0 Å². The van der Waals surface area contributed by atoms with Crippen LogP contribution >= 0.6 is 0 Å². The van der Waals surface area contributed by atoms with Gasteiger partial charge in [0.1, 0.15) is 6.10 Å². The first-order chi connectivity index (χ1) is 10.3. The fourth-order valence-electron chi connectivity index (χ4n) is 2.60. The molecule has 0 spiro atoms. The fourth-order valence-corrected chi connectivity index (χ4v) is 2.60. The van der Waals surface area contributed by atoms with Gasteiger partial charge in [-0.15, -0.1) is 0 Å². The molecular weight excluding hydrogens is 268 g/mol. The lowest BCUT2D eigenvalue weighted by atomic mass is 10.1. The van der Waals surface area contributed by atoms with Gasteiger partial charge in [-0.05, 0) is 18.2 Å². The van der Waals surface area contributed by atoms with Crippen LogP contribution in [0.4, 0.5) is 0 Å². The lowest BCUT2D eigenvalue weighted by Crippen LogP contribution is -2.36. The van der Waals surface area contributed by atoms with Crippen LogP contribution in [0.15, 0.2) is 36.5 Å². The SMILES string of the molecule is O=CN1CCC(OC(=O)c2cccc3ncccc23)CC1. The summed E-state index contributed by atoms with van der Waals surface area (Å²) in [5, 5.41) is 0.801. The molecule has 1 aromatic heterocycles. The summed E-state index contributed by atoms with van der Waals surface area (Å²) in [5.74, 6) is -0.321. The van der Waals surface area contributed by atoms with Gasteiger partial charge in [-0.1, -0.05) is 12.1 Å². The van der Waals surface area contributed by atoms with E-state index in [2.05, 4.69) is 4.98 Å². The van der Waals surface area contributed by atoms with Gasteiger partial charge in [0.15, 0.2) is 0 Å². The number of amides is 1. The average molecular weight is 284 g/mol. The molecule has 2 aromatic rings. The number of carbonyl (C=O) groups excluding carboxylic acids is 2. The molecule has 5 nitrogen and oxygen atoms in total. The van der Waals surface area contributed by atoms with Crippen molar-refractivity contribution < 1.29 is 14.3 Å². The lowest BCUT2D eigenvalue weighted by Gasteiger charge is -2.28. The van der Waals surface area contributed by atoms with Crippen LogP contribution in [0.1, 0.15) is 23.2 Å². The number of benzene rings is 1. The molecule has 0 N–H and O–H groups in total. The minimum absolute atomic E-state index is 0.124. The van der Waals surface area contributed by atoms with Crippen molar-refractivity contribution >= 4 is 23.3 Å². The Morgan fingerprint density at radius 1 is 1.24 bits per heavy atom. The van der Waals surface area contributed by atoms with Crippen LogP contribution in [-0.2, 0) is 9.53 Å². The molecule has 3 rings (SSSR count). The number of carbonyl (C=O) groups is 2. The predicted molar refractivity (Wildman–Crippen MR) is 77.8 cm³/mol. The molecule has 1 saturated heterocycles. The Hall–Kier alpha value is -2.43. The number of aromatic nitrogens is 1. The highest BCUT2D eigenvalue weighted by molar-refractivity contribution is 6.03. The summed E-state index contributed by atoms with van der Waals surface area (Å²) < 4.78 is 5.57. The quantitative estimate of drug-likeness (QED) is 0.639. The zero-order valence-electron chi connectivity index (χ0n) is 11.6. The molecule has 0 unspecified atom stereocenters. The van der Waals surface area contributed by atoms with Gasteiger partial charge in [-0.3, -0.25) is 9.78 Å². The summed E-state index contributed by atoms with van der Waals surface area (Å²) in [6.07, 6.45) is 3.79. The highest BCUT2D eigenvalue weighted by atomic mass is 16.5. The number of hydrogen-bond acceptors (Lipinski definition) is 4. The molecule has 1 aliphatic rings. The third-order valence-corrected chi connectivity index (χ3v) is 3.76. The number of fused-ring (bicyclic) bond motifs is 1. The van der Waals surface area contributed by atoms with E-state index in [4.69, 9.17) is 4.74 Å². The molecule has 0 atom stereocenters. The Morgan fingerprint density at radius 3 is 2.81 bits per heavy atom. The van der Waals surface area contributed by atoms with E-state index in [0.717, 1.165) is 17.3 Å². The molecule has 1 aromatic carbocycles. The third-order valence-electron chi connectivity index (χ3n) is 3.76. The average Bonchev–Trinajstić information content (AvgIpc) is 2.55. The first kappa shape index (κ1) is 13.5. The number of pyridine rings is 1. The second kappa shape index (κ2) is 5.91. The Morgan fingerprint density at radius 2 is 2.05 bits per heavy atom. The molecule has 1 amide bonds. The van der Waals surface area contributed by atoms with Gasteiger partial charge in [0.2, 0.25) is 6.41 Å². The number of piperidine rings is 1. The maximum atomic E-state index is 12.3. The number of rotatable bonds is 3. The first-order valence-electron chi connectivity index (χ1n) is 7.02. The van der Waals surface area contributed by atoms with Crippen LogP contribution in [0.25, 0.3) is 10.9 Å². The van der Waals surface area contributed by atoms with Crippen LogP contribution in [-0.4, -0.2) is 41.5 Å². The third kappa shape index (κ3) is 2.86. The first-order valence-corrected chi connectivity index (χ1v) is 7.02. The van der Waals surface area contributed by atoms with Gasteiger partial charge in [0.25, 0.3) is 0 Å². The van der Waals surface area contributed by atoms with E-state index in [1.807, 2.05) is 18.2 Å². The van der Waals surface area contributed by atoms with E-state index in [0.29, 0.717) is 31.5 Å². The second-order valence-electron chi connectivity index (χ2n) is 5.12. The van der Waals surface area contributed by atoms with Gasteiger partial charge >= 0.3 is 5.97 Å². The number of nitrogens with zero attached hydrogens (tertiary/aromatic N) is 2. The van der Waals surface area contributed by atoms with Crippen molar-refractivity contribution in [3.05, 3.63) is 42.1 Å². The smallest absolute Gasteiger partial charge is 0.339 e. The van der Waals surface area contributed by atoms with Gasteiger partial charge in [-0.2, -0.15) is 0 Å². The Bertz CT molecular complexity index is 658. The largest absolute Gasteiger partial charge is 0.459 e. The highest BCUT2D eigenvalue weighted by Gasteiger charge is 2.22. The standard InChI is InChI=1S/C16H16N2O3/c19-11-18-9-6-12(7-10-18)21-16(20)14-3-1-5-15-13(14)4-2-8-17-15/h1-5,8,11-12H,6-7,9-10H2. The molecule has 21 heavy (non-hydrogen) atoms. The van der Waals surface area contributed by atoms with Crippen LogP contribution < -0.4 is 0 Å². The van der Waals surface area contributed by atoms with E-state index in [9.17, 15) is 9.59 Å². The molecule has 5 heteroatoms. The molecule has 0 saturated carbocycles. The summed E-state index contributed by atoms with van der Waals surface area (Å²) in [5.41, 5.74) is 1.32. The van der Waals surface area contributed by atoms with Crippen LogP contribution in [0.2, 0.25) is 0 Å². The summed E-state index contributed by atoms with van der Waals surface area (Å²) in [6, 6.07) is 9.11. The van der Waals surface area contributed by atoms with Gasteiger partial charge in [-0.25, -0.2) is 4.79 Å². The fraction of sp³-hybridized carbons (Fsp3) is 0.312. The molecule has 0 radical (unpaired) electrons. The maximum absolute atomic E-state index is 12.3. The number of esters is 1. The van der Waals surface area contributed by atoms with Crippen molar-refractivity contribution in [3.63, 3.8) is 0 Å². The number of ether oxygens (including phenoxy) is 1. The molecule has 108 valence electrons. The van der Waals surface area contributed by atoms with Gasteiger partial charge in [0, 0.05) is 37.5 Å². The lowest BCUT2D eigenvalue weighted by molar-refractivity contribution is -0.120. The molecule has 0 aliphatic carbocycles. The molecule has 2 heterocycles. The van der Waals surface area contributed by atoms with Crippen molar-refractivity contribution in [3.8, 4) is 0 Å². The minimum atomic E-state index is -0.321. The molecule has 1 fully saturated rings. The monoisotopic (exact) mass is 284 g/mol. The van der Waals surface area contributed by atoms with Crippen LogP contribution in [0.5, 0.6) is 0 Å². The van der Waals surface area contributed by atoms with Gasteiger partial charge < -0.3 is 9.64 Å². The highest BCUT2D eigenvalue weighted by Crippen LogP contribution is 2.20. The van der Waals surface area contributed by atoms with E-state index < -0.39 is 0 Å². The summed E-state index contributed by atoms with van der Waals surface area (Å²) in [7, 11) is 0. The van der Waals surface area contributed by atoms with Crippen LogP contribution in [0.3, 0.4) is 0 Å². The molecule has 0 bridgehead atoms. The maximum Gasteiger partial charge on any atom is 0.339 e. The Balaban J connectivity index is 1.74. The van der Waals surface area contributed by atoms with Crippen molar-refractivity contribution in [1.82, 2.24) is 9.88 Å². The number of hydrogen-bond donors (Lipinski definition) is 0. The van der Waals surface area contributed by atoms with Crippen molar-refractivity contribution in [2.24, 2.45) is 0 Å². The van der Waals surface area contributed by atoms with Gasteiger partial charge in [0.05, 0.1) is 11.1 Å². The summed E-state index contributed by atoms with van der Waals surface area (Å²) in [4.78, 5) is 29.0. The minimum Gasteiger partial charge on any atom is -0.459 e. The predicted octanol–water partition coefficient (Wildman–Crippen LogP) is 2.01. The Labute approximate surface area is 122 Å². The van der Waals surface area contributed by atoms with Crippen molar-refractivity contribution in [1.29, 1.82) is 0 Å². The number of likely N-dealkylation sites (tertiary alicyclic amines) is 1. The topological polar surface area (TPSA) is 59.5 Å². The molecule has 1 aliphatic heterocycles. The van der Waals surface area contributed by atoms with Crippen molar-refractivity contribution in [2.75, 3.05) is 13.1 Å². The second-order valence-corrected chi connectivity index (χ2v) is 5.12. The van der Waals surface area contributed by atoms with E-state index in [1.54, 1.807) is 23.2 Å². The Kier molecular flexibility index (Phi) is 3.81. The van der Waals surface area contributed by atoms with Crippen molar-refractivity contribution in [2.45, 2.75) is 18.9 Å². The summed E-state index contributed by atoms with van der Waals surface area (Å²) in [6.45, 7) is 1.27. The normalized spacial score (nSPS) is 15.9. The van der Waals surface area contributed by atoms with Crippen LogP contribution in [0, 0.1) is 0 Å². The van der Waals surface area contributed by atoms with E-state index in [1.165, 1.54) is 0 Å². The summed E-state index contributed by atoms with van der Waals surface area (Å²) >= 11 is 0. The zero-order valence-corrected chi connectivity index (χ0v) is 11.6. The zero-order chi connectivity index (χ0) is 14.7. The van der Waals surface area contributed by atoms with E-state index in [-0.39, 0.29) is 12.1 Å².